The molecule has 0 aliphatic rings. The first-order valence-electron chi connectivity index (χ1n) is 15.7. The molecular weight excluding hydrogens is 582 g/mol. The highest BCUT2D eigenvalue weighted by Gasteiger charge is 2.19. The molecule has 0 N–H and O–H groups in total. The van der Waals surface area contributed by atoms with Crippen LogP contribution >= 0.6 is 0 Å². The van der Waals surface area contributed by atoms with Gasteiger partial charge in [-0.25, -0.2) is 28.1 Å². The van der Waals surface area contributed by atoms with Crippen molar-refractivity contribution in [2.45, 2.75) is 101 Å². The molecule has 1 aromatic heterocycles. The topological polar surface area (TPSA) is 93.7 Å². The molecule has 0 atom stereocenters. The zero-order valence-corrected chi connectivity index (χ0v) is 29.0. The van der Waals surface area contributed by atoms with E-state index in [0.29, 0.717) is 0 Å². The van der Waals surface area contributed by atoms with E-state index in [1.165, 1.54) is 0 Å². The summed E-state index contributed by atoms with van der Waals surface area (Å²) < 4.78 is 21.0. The van der Waals surface area contributed by atoms with Crippen molar-refractivity contribution >= 4 is 0 Å². The van der Waals surface area contributed by atoms with Gasteiger partial charge in [-0.3, -0.25) is 0 Å². The molecule has 4 rings (SSSR count). The molecule has 0 fully saturated rings. The monoisotopic (exact) mass is 629 g/mol. The zero-order chi connectivity index (χ0) is 34.0. The molecule has 9 heteroatoms. The van der Waals surface area contributed by atoms with E-state index < -0.39 is 17.1 Å². The van der Waals surface area contributed by atoms with Gasteiger partial charge in [-0.05, 0) is 119 Å². The molecule has 3 aromatic carbocycles. The van der Waals surface area contributed by atoms with Gasteiger partial charge in [0.1, 0.15) is 17.2 Å². The fraction of sp³-hybridized carbons (Fsp3) is 0.432. The number of nitrogens with zero attached hydrogens (tertiary/aromatic N) is 3. The molecule has 9 nitrogen and oxygen atoms in total. The maximum absolute atomic E-state index is 14.0. The van der Waals surface area contributed by atoms with Crippen LogP contribution in [-0.4, -0.2) is 33.0 Å². The number of benzene rings is 3. The normalized spacial score (nSPS) is 11.4. The fourth-order valence-electron chi connectivity index (χ4n) is 6.19. The van der Waals surface area contributed by atoms with Crippen LogP contribution in [0.3, 0.4) is 0 Å². The Labute approximate surface area is 271 Å². The quantitative estimate of drug-likeness (QED) is 0.210. The summed E-state index contributed by atoms with van der Waals surface area (Å²) in [5.41, 5.74) is 5.71. The van der Waals surface area contributed by atoms with Gasteiger partial charge in [0, 0.05) is 0 Å². The Morgan fingerprint density at radius 1 is 0.478 bits per heavy atom. The Morgan fingerprint density at radius 2 is 0.717 bits per heavy atom. The number of ether oxygens (including phenoxy) is 3. The van der Waals surface area contributed by atoms with Gasteiger partial charge in [0.15, 0.2) is 0 Å². The molecule has 246 valence electrons. The molecule has 0 spiro atoms. The fourth-order valence-corrected chi connectivity index (χ4v) is 6.19. The number of methoxy groups -OCH3 is 1. The van der Waals surface area contributed by atoms with Crippen molar-refractivity contribution in [3.05, 3.63) is 118 Å². The summed E-state index contributed by atoms with van der Waals surface area (Å²) in [5.74, 6) is 2.33. The summed E-state index contributed by atoms with van der Waals surface area (Å²) in [6.45, 7) is 19.5. The SMILES string of the molecule is COc1c(C)cc(Cn2c(=O)n(Cc3cc(C)c(OC(C)C)c(C)c3)c(=O)n(Cc3cc(C)c(OC(C)C)c(C)c3)c2=O)cc1C. The molecule has 0 bridgehead atoms. The first-order valence-corrected chi connectivity index (χ1v) is 15.7. The van der Waals surface area contributed by atoms with Crippen LogP contribution in [0, 0.1) is 41.5 Å². The van der Waals surface area contributed by atoms with Crippen molar-refractivity contribution in [3.8, 4) is 17.2 Å². The minimum Gasteiger partial charge on any atom is -0.496 e. The molecule has 0 amide bonds. The number of hydrogen-bond donors (Lipinski definition) is 0. The van der Waals surface area contributed by atoms with Crippen molar-refractivity contribution in [3.63, 3.8) is 0 Å². The Bertz CT molecular complexity index is 1770. The third-order valence-electron chi connectivity index (χ3n) is 7.88. The highest BCUT2D eigenvalue weighted by atomic mass is 16.5. The summed E-state index contributed by atoms with van der Waals surface area (Å²) in [4.78, 5) is 42.0. The number of rotatable bonds is 11. The third kappa shape index (κ3) is 7.30. The number of aryl methyl sites for hydroxylation is 6. The van der Waals surface area contributed by atoms with Crippen LogP contribution in [0.4, 0.5) is 0 Å². The van der Waals surface area contributed by atoms with Gasteiger partial charge >= 0.3 is 17.1 Å². The Kier molecular flexibility index (Phi) is 10.3. The van der Waals surface area contributed by atoms with Crippen LogP contribution in [0.15, 0.2) is 50.8 Å². The molecule has 0 saturated carbocycles. The smallest absolute Gasteiger partial charge is 0.336 e. The van der Waals surface area contributed by atoms with Crippen LogP contribution < -0.4 is 31.3 Å². The second-order valence-corrected chi connectivity index (χ2v) is 12.8. The first-order chi connectivity index (χ1) is 21.6. The summed E-state index contributed by atoms with van der Waals surface area (Å²) in [7, 11) is 1.61. The molecule has 0 radical (unpaired) electrons. The molecule has 4 aromatic rings. The molecule has 1 heterocycles. The lowest BCUT2D eigenvalue weighted by Crippen LogP contribution is -2.54. The second kappa shape index (κ2) is 13.8. The van der Waals surface area contributed by atoms with Crippen molar-refractivity contribution in [2.75, 3.05) is 7.11 Å². The average Bonchev–Trinajstić information content (AvgIpc) is 2.95. The van der Waals surface area contributed by atoms with Gasteiger partial charge < -0.3 is 14.2 Å². The van der Waals surface area contributed by atoms with E-state index in [1.54, 1.807) is 7.11 Å². The second-order valence-electron chi connectivity index (χ2n) is 12.8. The zero-order valence-electron chi connectivity index (χ0n) is 29.0. The van der Waals surface area contributed by atoms with Crippen molar-refractivity contribution in [1.29, 1.82) is 0 Å². The standard InChI is InChI=1S/C37H47N3O6/c1-21(2)45-33-25(7)14-30(15-26(33)8)19-39-35(41)38(18-29-12-23(5)32(44-11)24(6)13-29)36(42)40(37(39)43)20-31-16-27(9)34(28(10)17-31)46-22(3)4/h12-17,21-22H,18-20H2,1-11H3. The summed E-state index contributed by atoms with van der Waals surface area (Å²) in [6, 6.07) is 11.5. The summed E-state index contributed by atoms with van der Waals surface area (Å²) in [5, 5.41) is 0. The molecule has 0 saturated heterocycles. The number of aromatic nitrogens is 3. The third-order valence-corrected chi connectivity index (χ3v) is 7.88. The lowest BCUT2D eigenvalue weighted by molar-refractivity contribution is 0.239. The molecule has 0 aliphatic heterocycles. The van der Waals surface area contributed by atoms with E-state index in [-0.39, 0.29) is 31.8 Å². The minimum atomic E-state index is -0.664. The predicted octanol–water partition coefficient (Wildman–Crippen LogP) is 5.75. The van der Waals surface area contributed by atoms with E-state index in [4.69, 9.17) is 14.2 Å². The minimum absolute atomic E-state index is 0.00146. The lowest BCUT2D eigenvalue weighted by atomic mass is 10.1. The van der Waals surface area contributed by atoms with Gasteiger partial charge in [-0.2, -0.15) is 0 Å². The maximum atomic E-state index is 14.0. The van der Waals surface area contributed by atoms with E-state index in [2.05, 4.69) is 0 Å². The van der Waals surface area contributed by atoms with Crippen molar-refractivity contribution in [2.24, 2.45) is 0 Å². The van der Waals surface area contributed by atoms with Crippen LogP contribution in [0.5, 0.6) is 17.2 Å². The predicted molar refractivity (Wildman–Crippen MR) is 182 cm³/mol. The molecule has 0 aliphatic carbocycles. The van der Waals surface area contributed by atoms with Crippen LogP contribution in [0.1, 0.15) is 77.8 Å². The van der Waals surface area contributed by atoms with Crippen LogP contribution in [0.2, 0.25) is 0 Å². The van der Waals surface area contributed by atoms with Gasteiger partial charge in [0.05, 0.1) is 39.0 Å². The first kappa shape index (κ1) is 34.3. The van der Waals surface area contributed by atoms with Crippen LogP contribution in [-0.2, 0) is 19.6 Å². The maximum Gasteiger partial charge on any atom is 0.336 e. The van der Waals surface area contributed by atoms with E-state index in [9.17, 15) is 14.4 Å². The number of hydrogen-bond acceptors (Lipinski definition) is 6. The summed E-state index contributed by atoms with van der Waals surface area (Å²) in [6.07, 6.45) is 0.00950. The lowest BCUT2D eigenvalue weighted by Gasteiger charge is -2.19. The highest BCUT2D eigenvalue weighted by molar-refractivity contribution is 5.45. The van der Waals surface area contributed by atoms with Crippen molar-refractivity contribution < 1.29 is 14.2 Å². The van der Waals surface area contributed by atoms with Gasteiger partial charge in [-0.15, -0.1) is 0 Å². The average molecular weight is 630 g/mol. The highest BCUT2D eigenvalue weighted by Crippen LogP contribution is 2.28. The van der Waals surface area contributed by atoms with Gasteiger partial charge in [0.2, 0.25) is 0 Å². The molecular formula is C37H47N3O6. The van der Waals surface area contributed by atoms with Gasteiger partial charge in [0.25, 0.3) is 0 Å². The Morgan fingerprint density at radius 3 is 0.935 bits per heavy atom. The summed E-state index contributed by atoms with van der Waals surface area (Å²) >= 11 is 0. The largest absolute Gasteiger partial charge is 0.496 e. The Balaban J connectivity index is 1.88. The molecule has 0 unspecified atom stereocenters. The molecule has 46 heavy (non-hydrogen) atoms. The van der Waals surface area contributed by atoms with E-state index in [1.807, 2.05) is 106 Å². The Hall–Kier alpha value is -4.53. The van der Waals surface area contributed by atoms with E-state index in [0.717, 1.165) is 81.0 Å². The van der Waals surface area contributed by atoms with E-state index >= 15 is 0 Å². The van der Waals surface area contributed by atoms with Crippen molar-refractivity contribution in [1.82, 2.24) is 13.7 Å². The van der Waals surface area contributed by atoms with Gasteiger partial charge in [-0.1, -0.05) is 36.4 Å². The van der Waals surface area contributed by atoms with Crippen LogP contribution in [0.25, 0.3) is 0 Å².